The van der Waals surface area contributed by atoms with Crippen LogP contribution in [0.3, 0.4) is 0 Å². The molecular formula is C18H20Cl2F2N4O. The Morgan fingerprint density at radius 2 is 2.11 bits per heavy atom. The van der Waals surface area contributed by atoms with E-state index >= 15 is 0 Å². The predicted molar refractivity (Wildman–Crippen MR) is 104 cm³/mol. The van der Waals surface area contributed by atoms with Crippen LogP contribution < -0.4 is 15.4 Å². The Morgan fingerprint density at radius 3 is 2.78 bits per heavy atom. The molecule has 27 heavy (non-hydrogen) atoms. The number of aromatic nitrogens is 1. The van der Waals surface area contributed by atoms with E-state index in [1.54, 1.807) is 12.4 Å². The molecule has 0 atom stereocenters. The fourth-order valence-electron chi connectivity index (χ4n) is 2.33. The van der Waals surface area contributed by atoms with Gasteiger partial charge < -0.3 is 15.4 Å². The molecule has 1 aromatic heterocycles. The van der Waals surface area contributed by atoms with Crippen molar-refractivity contribution in [3.8, 4) is 5.75 Å². The molecule has 146 valence electrons. The van der Waals surface area contributed by atoms with E-state index in [1.165, 1.54) is 12.1 Å². The Hall–Kier alpha value is -2.12. The number of nitrogens with one attached hydrogen (secondary N) is 2. The van der Waals surface area contributed by atoms with E-state index in [2.05, 4.69) is 25.3 Å². The smallest absolute Gasteiger partial charge is 0.387 e. The molecule has 1 heterocycles. The first kappa shape index (κ1) is 21.2. The molecule has 0 spiro atoms. The number of hydrogen-bond acceptors (Lipinski definition) is 3. The van der Waals surface area contributed by atoms with Gasteiger partial charge in [-0.25, -0.2) is 4.99 Å². The fraction of sp³-hybridized carbons (Fsp3) is 0.333. The number of benzene rings is 1. The van der Waals surface area contributed by atoms with Gasteiger partial charge in [0.2, 0.25) is 0 Å². The van der Waals surface area contributed by atoms with Crippen molar-refractivity contribution in [1.82, 2.24) is 15.6 Å². The maximum Gasteiger partial charge on any atom is 0.387 e. The van der Waals surface area contributed by atoms with Gasteiger partial charge in [-0.15, -0.1) is 0 Å². The van der Waals surface area contributed by atoms with E-state index in [0.29, 0.717) is 29.6 Å². The van der Waals surface area contributed by atoms with Gasteiger partial charge in [-0.05, 0) is 37.1 Å². The van der Waals surface area contributed by atoms with Crippen molar-refractivity contribution in [1.29, 1.82) is 0 Å². The van der Waals surface area contributed by atoms with Crippen molar-refractivity contribution in [2.24, 2.45) is 4.99 Å². The zero-order valence-corrected chi connectivity index (χ0v) is 16.2. The number of guanidine groups is 1. The largest absolute Gasteiger partial charge is 0.433 e. The van der Waals surface area contributed by atoms with Crippen LogP contribution in [0.5, 0.6) is 5.75 Å². The van der Waals surface area contributed by atoms with Crippen molar-refractivity contribution >= 4 is 29.2 Å². The summed E-state index contributed by atoms with van der Waals surface area (Å²) in [5, 5.41) is 6.62. The molecule has 0 saturated carbocycles. The lowest BCUT2D eigenvalue weighted by Gasteiger charge is -2.14. The van der Waals surface area contributed by atoms with Crippen molar-refractivity contribution in [3.05, 3.63) is 57.8 Å². The lowest BCUT2D eigenvalue weighted by atomic mass is 10.2. The predicted octanol–water partition coefficient (Wildman–Crippen LogP) is 4.29. The average Bonchev–Trinajstić information content (AvgIpc) is 2.63. The van der Waals surface area contributed by atoms with E-state index in [0.717, 1.165) is 12.0 Å². The maximum absolute atomic E-state index is 12.6. The van der Waals surface area contributed by atoms with Crippen LogP contribution >= 0.6 is 23.2 Å². The Balaban J connectivity index is 2.07. The van der Waals surface area contributed by atoms with E-state index < -0.39 is 6.61 Å². The van der Waals surface area contributed by atoms with Crippen LogP contribution in [-0.2, 0) is 13.0 Å². The molecule has 0 unspecified atom stereocenters. The van der Waals surface area contributed by atoms with Gasteiger partial charge in [-0.3, -0.25) is 4.98 Å². The summed E-state index contributed by atoms with van der Waals surface area (Å²) in [4.78, 5) is 8.47. The molecule has 0 saturated heterocycles. The minimum Gasteiger partial charge on any atom is -0.433 e. The first-order valence-corrected chi connectivity index (χ1v) is 9.09. The van der Waals surface area contributed by atoms with E-state index in [4.69, 9.17) is 23.2 Å². The van der Waals surface area contributed by atoms with Crippen LogP contribution in [0.1, 0.15) is 18.1 Å². The zero-order chi connectivity index (χ0) is 19.6. The second kappa shape index (κ2) is 10.9. The monoisotopic (exact) mass is 416 g/mol. The molecule has 2 aromatic rings. The molecule has 0 amide bonds. The summed E-state index contributed by atoms with van der Waals surface area (Å²) in [6.45, 7) is 0.297. The Kier molecular flexibility index (Phi) is 8.54. The quantitative estimate of drug-likeness (QED) is 0.497. The van der Waals surface area contributed by atoms with Gasteiger partial charge in [-0.2, -0.15) is 8.78 Å². The van der Waals surface area contributed by atoms with Gasteiger partial charge in [0.1, 0.15) is 5.75 Å². The van der Waals surface area contributed by atoms with E-state index in [9.17, 15) is 8.78 Å². The maximum atomic E-state index is 12.6. The number of hydrogen-bond donors (Lipinski definition) is 2. The minimum atomic E-state index is -2.99. The second-order valence-electron chi connectivity index (χ2n) is 5.49. The molecule has 5 nitrogen and oxygen atoms in total. The number of ether oxygens (including phenoxy) is 1. The first-order chi connectivity index (χ1) is 13.0. The van der Waals surface area contributed by atoms with Crippen LogP contribution in [0.25, 0.3) is 0 Å². The second-order valence-corrected chi connectivity index (χ2v) is 6.33. The molecular weight excluding hydrogens is 397 g/mol. The summed E-state index contributed by atoms with van der Waals surface area (Å²) in [5.74, 6) is 0.423. The Labute approximate surface area is 166 Å². The normalized spacial score (nSPS) is 11.6. The molecule has 0 fully saturated rings. The summed E-state index contributed by atoms with van der Waals surface area (Å²) < 4.78 is 29.8. The van der Waals surface area contributed by atoms with E-state index in [-0.39, 0.29) is 17.3 Å². The van der Waals surface area contributed by atoms with Crippen LogP contribution in [0, 0.1) is 0 Å². The van der Waals surface area contributed by atoms with Gasteiger partial charge in [0, 0.05) is 36.1 Å². The highest BCUT2D eigenvalue weighted by Crippen LogP contribution is 2.34. The number of alkyl halides is 2. The molecule has 1 aromatic carbocycles. The third kappa shape index (κ3) is 7.19. The highest BCUT2D eigenvalue weighted by Gasteiger charge is 2.15. The van der Waals surface area contributed by atoms with Crippen LogP contribution in [0.15, 0.2) is 41.7 Å². The third-order valence-electron chi connectivity index (χ3n) is 3.47. The summed E-state index contributed by atoms with van der Waals surface area (Å²) in [5.41, 5.74) is 1.47. The fourth-order valence-corrected chi connectivity index (χ4v) is 2.91. The highest BCUT2D eigenvalue weighted by atomic mass is 35.5. The molecule has 0 radical (unpaired) electrons. The van der Waals surface area contributed by atoms with Crippen molar-refractivity contribution in [3.63, 3.8) is 0 Å². The number of nitrogens with zero attached hydrogens (tertiary/aromatic N) is 2. The minimum absolute atomic E-state index is 0.0162. The summed E-state index contributed by atoms with van der Waals surface area (Å²) in [6, 6.07) is 6.72. The molecule has 0 aliphatic rings. The number of aliphatic imine (C=N–C) groups is 1. The molecule has 0 aliphatic heterocycles. The number of pyridine rings is 1. The summed E-state index contributed by atoms with van der Waals surface area (Å²) in [6.07, 6.45) is 4.28. The number of halogens is 4. The SMILES string of the molecule is CCNC(=NCc1cc(Cl)cc(Cl)c1OC(F)F)NCCc1cccnc1. The van der Waals surface area contributed by atoms with Crippen molar-refractivity contribution in [2.45, 2.75) is 26.5 Å². The first-order valence-electron chi connectivity index (χ1n) is 8.33. The lowest BCUT2D eigenvalue weighted by molar-refractivity contribution is -0.0503. The molecule has 2 rings (SSSR count). The van der Waals surface area contributed by atoms with Gasteiger partial charge in [-0.1, -0.05) is 29.3 Å². The number of rotatable bonds is 8. The molecule has 2 N–H and O–H groups in total. The van der Waals surface area contributed by atoms with Crippen molar-refractivity contribution in [2.75, 3.05) is 13.1 Å². The topological polar surface area (TPSA) is 58.5 Å². The van der Waals surface area contributed by atoms with Gasteiger partial charge in [0.15, 0.2) is 5.96 Å². The van der Waals surface area contributed by atoms with Crippen LogP contribution in [0.4, 0.5) is 8.78 Å². The molecule has 0 bridgehead atoms. The lowest BCUT2D eigenvalue weighted by Crippen LogP contribution is -2.38. The van der Waals surface area contributed by atoms with Crippen LogP contribution in [0.2, 0.25) is 10.0 Å². The average molecular weight is 417 g/mol. The van der Waals surface area contributed by atoms with Crippen LogP contribution in [-0.4, -0.2) is 30.6 Å². The third-order valence-corrected chi connectivity index (χ3v) is 3.97. The molecule has 9 heteroatoms. The summed E-state index contributed by atoms with van der Waals surface area (Å²) >= 11 is 12.0. The van der Waals surface area contributed by atoms with E-state index in [1.807, 2.05) is 19.1 Å². The van der Waals surface area contributed by atoms with Crippen molar-refractivity contribution < 1.29 is 13.5 Å². The molecule has 0 aliphatic carbocycles. The Bertz CT molecular complexity index is 761. The zero-order valence-electron chi connectivity index (χ0n) is 14.7. The van der Waals surface area contributed by atoms with Gasteiger partial charge in [0.05, 0.1) is 11.6 Å². The van der Waals surface area contributed by atoms with Gasteiger partial charge >= 0.3 is 6.61 Å². The standard InChI is InChI=1S/C18H20Cl2F2N4O/c1-2-24-18(25-7-5-12-4-3-6-23-10-12)26-11-13-8-14(19)9-15(20)16(13)27-17(21)22/h3-4,6,8-10,17H,2,5,7,11H2,1H3,(H2,24,25,26). The van der Waals surface area contributed by atoms with Gasteiger partial charge in [0.25, 0.3) is 0 Å². The highest BCUT2D eigenvalue weighted by molar-refractivity contribution is 6.35. The summed E-state index contributed by atoms with van der Waals surface area (Å²) in [7, 11) is 0. The Morgan fingerprint density at radius 1 is 1.30 bits per heavy atom.